The number of H-pyrrole nitrogens is 1. The fourth-order valence-electron chi connectivity index (χ4n) is 3.93. The quantitative estimate of drug-likeness (QED) is 0.488. The Hall–Kier alpha value is -2.33. The Bertz CT molecular complexity index is 1000. The van der Waals surface area contributed by atoms with E-state index in [1.807, 2.05) is 32.9 Å². The van der Waals surface area contributed by atoms with Gasteiger partial charge in [-0.2, -0.15) is 0 Å². The first-order valence-electron chi connectivity index (χ1n) is 9.57. The molecule has 28 heavy (non-hydrogen) atoms. The number of aromatic nitrogens is 1. The van der Waals surface area contributed by atoms with Crippen LogP contribution in [0.3, 0.4) is 0 Å². The highest BCUT2D eigenvalue weighted by Crippen LogP contribution is 2.36. The van der Waals surface area contributed by atoms with Crippen LogP contribution in [0.4, 0.5) is 4.39 Å². The van der Waals surface area contributed by atoms with Crippen LogP contribution in [0.5, 0.6) is 0 Å². The van der Waals surface area contributed by atoms with Gasteiger partial charge >= 0.3 is 5.97 Å². The summed E-state index contributed by atoms with van der Waals surface area (Å²) in [4.78, 5) is 15.3. The van der Waals surface area contributed by atoms with E-state index in [1.54, 1.807) is 18.2 Å². The summed E-state index contributed by atoms with van der Waals surface area (Å²) in [5, 5.41) is 11.3. The van der Waals surface area contributed by atoms with Gasteiger partial charge in [-0.05, 0) is 55.2 Å². The summed E-state index contributed by atoms with van der Waals surface area (Å²) in [5.74, 6) is -1.05. The lowest BCUT2D eigenvalue weighted by Crippen LogP contribution is -2.32. The normalized spacial score (nSPS) is 11.9. The van der Waals surface area contributed by atoms with E-state index in [1.165, 1.54) is 6.07 Å². The van der Waals surface area contributed by atoms with Gasteiger partial charge in [0.2, 0.25) is 0 Å². The Morgan fingerprint density at radius 3 is 2.36 bits per heavy atom. The van der Waals surface area contributed by atoms with Gasteiger partial charge in [0.15, 0.2) is 0 Å². The van der Waals surface area contributed by atoms with Crippen molar-refractivity contribution >= 4 is 28.5 Å². The van der Waals surface area contributed by atoms with Crippen LogP contribution in [0.2, 0.25) is 5.02 Å². The van der Waals surface area contributed by atoms with E-state index in [-0.39, 0.29) is 5.82 Å². The van der Waals surface area contributed by atoms with Crippen LogP contribution in [-0.4, -0.2) is 16.1 Å². The minimum atomic E-state index is -0.819. The summed E-state index contributed by atoms with van der Waals surface area (Å²) < 4.78 is 14.7. The number of fused-ring (bicyclic) bond motifs is 1. The number of nitrogens with one attached hydrogen (secondary N) is 1. The fraction of sp³-hybridized carbons (Fsp3) is 0.348. The van der Waals surface area contributed by atoms with Gasteiger partial charge < -0.3 is 10.1 Å². The molecule has 5 heteroatoms. The Labute approximate surface area is 169 Å². The molecule has 1 aromatic heterocycles. The molecule has 148 valence electrons. The summed E-state index contributed by atoms with van der Waals surface area (Å²) in [5.41, 5.74) is 3.40. The largest absolute Gasteiger partial charge is 0.481 e. The number of rotatable bonds is 7. The van der Waals surface area contributed by atoms with Gasteiger partial charge in [0, 0.05) is 40.0 Å². The second kappa shape index (κ2) is 7.96. The molecule has 0 radical (unpaired) electrons. The average molecular weight is 402 g/mol. The van der Waals surface area contributed by atoms with Crippen LogP contribution in [0, 0.1) is 18.2 Å². The van der Waals surface area contributed by atoms with Gasteiger partial charge in [-0.15, -0.1) is 0 Å². The van der Waals surface area contributed by atoms with Gasteiger partial charge in [-0.3, -0.25) is 4.79 Å². The van der Waals surface area contributed by atoms with Crippen LogP contribution < -0.4 is 0 Å². The number of hydrogen-bond donors (Lipinski definition) is 2. The standard InChI is InChI=1S/C23H25ClFNO2/c1-4-23(5-2,22(27)28)13-20-14(3)21-17(18(25)10-11-19(21)26-20)12-15-6-8-16(24)9-7-15/h6-11,26H,4-5,12-13H2,1-3H3,(H,27,28). The molecule has 2 aromatic carbocycles. The zero-order valence-corrected chi connectivity index (χ0v) is 17.2. The predicted octanol–water partition coefficient (Wildman–Crippen LogP) is 6.29. The lowest BCUT2D eigenvalue weighted by Gasteiger charge is -2.26. The molecule has 3 aromatic rings. The topological polar surface area (TPSA) is 53.1 Å². The van der Waals surface area contributed by atoms with E-state index in [9.17, 15) is 14.3 Å². The molecule has 0 aliphatic heterocycles. The third kappa shape index (κ3) is 3.66. The summed E-state index contributed by atoms with van der Waals surface area (Å²) in [6, 6.07) is 10.6. The molecule has 0 amide bonds. The van der Waals surface area contributed by atoms with E-state index in [0.717, 1.165) is 27.7 Å². The van der Waals surface area contributed by atoms with Crippen LogP contribution >= 0.6 is 11.6 Å². The summed E-state index contributed by atoms with van der Waals surface area (Å²) in [7, 11) is 0. The van der Waals surface area contributed by atoms with Crippen molar-refractivity contribution in [3.05, 3.63) is 69.6 Å². The maximum Gasteiger partial charge on any atom is 0.310 e. The van der Waals surface area contributed by atoms with Crippen LogP contribution in [0.15, 0.2) is 36.4 Å². The van der Waals surface area contributed by atoms with Crippen molar-refractivity contribution in [2.75, 3.05) is 0 Å². The second-order valence-corrected chi connectivity index (χ2v) is 7.89. The first kappa shape index (κ1) is 20.4. The van der Waals surface area contributed by atoms with E-state index < -0.39 is 11.4 Å². The van der Waals surface area contributed by atoms with Gasteiger partial charge in [0.1, 0.15) is 5.82 Å². The fourth-order valence-corrected chi connectivity index (χ4v) is 4.06. The SMILES string of the molecule is CCC(CC)(Cc1[nH]c2ccc(F)c(Cc3ccc(Cl)cc3)c2c1C)C(=O)O. The number of hydrogen-bond acceptors (Lipinski definition) is 1. The molecule has 0 bridgehead atoms. The molecule has 3 nitrogen and oxygen atoms in total. The van der Waals surface area contributed by atoms with E-state index in [2.05, 4.69) is 4.98 Å². The van der Waals surface area contributed by atoms with Gasteiger partial charge in [0.05, 0.1) is 5.41 Å². The molecule has 0 fully saturated rings. The zero-order valence-electron chi connectivity index (χ0n) is 16.4. The molecular formula is C23H25ClFNO2. The third-order valence-electron chi connectivity index (χ3n) is 5.99. The molecule has 0 saturated carbocycles. The molecule has 3 rings (SSSR count). The van der Waals surface area contributed by atoms with E-state index in [4.69, 9.17) is 11.6 Å². The molecule has 1 heterocycles. The summed E-state index contributed by atoms with van der Waals surface area (Å²) >= 11 is 5.96. The lowest BCUT2D eigenvalue weighted by molar-refractivity contribution is -0.149. The number of aliphatic carboxylic acids is 1. The molecule has 0 atom stereocenters. The molecule has 0 saturated heterocycles. The number of carboxylic acids is 1. The number of aryl methyl sites for hydroxylation is 1. The summed E-state index contributed by atoms with van der Waals surface area (Å²) in [6.45, 7) is 5.75. The van der Waals surface area contributed by atoms with Crippen molar-refractivity contribution in [2.24, 2.45) is 5.41 Å². The molecule has 2 N–H and O–H groups in total. The number of carboxylic acid groups (broad SMARTS) is 1. The average Bonchev–Trinajstić information content (AvgIpc) is 2.99. The molecule has 0 aliphatic carbocycles. The first-order valence-corrected chi connectivity index (χ1v) is 9.95. The van der Waals surface area contributed by atoms with Crippen molar-refractivity contribution in [2.45, 2.75) is 46.5 Å². The monoisotopic (exact) mass is 401 g/mol. The van der Waals surface area contributed by atoms with Crippen LogP contribution in [-0.2, 0) is 17.6 Å². The van der Waals surface area contributed by atoms with Gasteiger partial charge in [-0.25, -0.2) is 4.39 Å². The molecular weight excluding hydrogens is 377 g/mol. The van der Waals surface area contributed by atoms with Crippen molar-refractivity contribution in [1.29, 1.82) is 0 Å². The third-order valence-corrected chi connectivity index (χ3v) is 6.24. The van der Waals surface area contributed by atoms with Crippen LogP contribution in [0.25, 0.3) is 10.9 Å². The number of halogens is 2. The maximum atomic E-state index is 14.7. The minimum Gasteiger partial charge on any atom is -0.481 e. The summed E-state index contributed by atoms with van der Waals surface area (Å²) in [6.07, 6.45) is 1.93. The number of benzene rings is 2. The second-order valence-electron chi connectivity index (χ2n) is 7.45. The smallest absolute Gasteiger partial charge is 0.310 e. The Kier molecular flexibility index (Phi) is 5.80. The van der Waals surface area contributed by atoms with E-state index in [0.29, 0.717) is 36.3 Å². The van der Waals surface area contributed by atoms with Crippen molar-refractivity contribution in [1.82, 2.24) is 4.98 Å². The highest BCUT2D eigenvalue weighted by Gasteiger charge is 2.36. The Morgan fingerprint density at radius 2 is 1.79 bits per heavy atom. The number of aromatic amines is 1. The van der Waals surface area contributed by atoms with Crippen molar-refractivity contribution in [3.63, 3.8) is 0 Å². The zero-order chi connectivity index (χ0) is 20.5. The molecule has 0 aliphatic rings. The Balaban J connectivity index is 2.08. The van der Waals surface area contributed by atoms with Gasteiger partial charge in [-0.1, -0.05) is 37.6 Å². The molecule has 0 spiro atoms. The van der Waals surface area contributed by atoms with Crippen molar-refractivity contribution in [3.8, 4) is 0 Å². The maximum absolute atomic E-state index is 14.7. The van der Waals surface area contributed by atoms with E-state index >= 15 is 0 Å². The highest BCUT2D eigenvalue weighted by atomic mass is 35.5. The Morgan fingerprint density at radius 1 is 1.14 bits per heavy atom. The van der Waals surface area contributed by atoms with Crippen LogP contribution in [0.1, 0.15) is 49.1 Å². The number of carbonyl (C=O) groups is 1. The van der Waals surface area contributed by atoms with Crippen molar-refractivity contribution < 1.29 is 14.3 Å². The lowest BCUT2D eigenvalue weighted by atomic mass is 9.77. The highest BCUT2D eigenvalue weighted by molar-refractivity contribution is 6.30. The predicted molar refractivity (Wildman–Crippen MR) is 112 cm³/mol. The first-order chi connectivity index (χ1) is 13.3. The molecule has 0 unspecified atom stereocenters. The minimum absolute atomic E-state index is 0.258. The van der Waals surface area contributed by atoms with Gasteiger partial charge in [0.25, 0.3) is 0 Å².